The lowest BCUT2D eigenvalue weighted by Gasteiger charge is -2.10. The van der Waals surface area contributed by atoms with Gasteiger partial charge in [0, 0.05) is 17.1 Å². The van der Waals surface area contributed by atoms with Crippen LogP contribution in [-0.4, -0.2) is 16.3 Å². The Morgan fingerprint density at radius 1 is 1.07 bits per heavy atom. The first-order chi connectivity index (χ1) is 14.5. The number of nitrogens with two attached hydrogens (primary N) is 1. The number of nitrogens with zero attached hydrogens (tertiary/aromatic N) is 1. The minimum atomic E-state index is -0.250. The molecule has 4 aromatic rings. The van der Waals surface area contributed by atoms with Gasteiger partial charge in [-0.25, -0.2) is 0 Å². The number of hydrogen-bond acceptors (Lipinski definition) is 5. The van der Waals surface area contributed by atoms with Crippen LogP contribution in [-0.2, 0) is 0 Å². The number of ether oxygens (including phenoxy) is 1. The van der Waals surface area contributed by atoms with Crippen LogP contribution in [0, 0.1) is 0 Å². The fourth-order valence-corrected chi connectivity index (χ4v) is 3.88. The zero-order valence-electron chi connectivity index (χ0n) is 16.7. The number of nitrogens with one attached hydrogen (secondary N) is 2. The van der Waals surface area contributed by atoms with E-state index in [1.165, 1.54) is 11.5 Å². The van der Waals surface area contributed by atoms with Gasteiger partial charge < -0.3 is 15.8 Å². The molecule has 0 saturated carbocycles. The number of hydrogen-bond donors (Lipinski definition) is 3. The Bertz CT molecular complexity index is 1250. The van der Waals surface area contributed by atoms with E-state index in [4.69, 9.17) is 10.5 Å². The average molecular weight is 419 g/mol. The highest BCUT2D eigenvalue weighted by molar-refractivity contribution is 7.10. The van der Waals surface area contributed by atoms with Crippen molar-refractivity contribution in [3.05, 3.63) is 82.6 Å². The highest BCUT2D eigenvalue weighted by Gasteiger charge is 2.15. The Kier molecular flexibility index (Phi) is 5.54. The molecule has 152 valence electrons. The molecule has 4 rings (SSSR count). The second-order valence-corrected chi connectivity index (χ2v) is 7.89. The van der Waals surface area contributed by atoms with E-state index in [2.05, 4.69) is 26.8 Å². The molecule has 30 heavy (non-hydrogen) atoms. The molecule has 0 bridgehead atoms. The maximum Gasteiger partial charge on any atom is 0.271 e. The smallest absolute Gasteiger partial charge is 0.271 e. The van der Waals surface area contributed by atoms with Gasteiger partial charge in [0.1, 0.15) is 27.9 Å². The summed E-state index contributed by atoms with van der Waals surface area (Å²) in [6.45, 7) is 3.82. The van der Waals surface area contributed by atoms with Gasteiger partial charge in [0.15, 0.2) is 0 Å². The van der Waals surface area contributed by atoms with E-state index in [9.17, 15) is 4.79 Å². The van der Waals surface area contributed by atoms with E-state index >= 15 is 0 Å². The molecule has 0 unspecified atom stereocenters. The number of amidine groups is 1. The molecule has 0 spiro atoms. The Balaban J connectivity index is 1.55. The maximum absolute atomic E-state index is 12.2. The predicted octanol–water partition coefficient (Wildman–Crippen LogP) is 5.24. The first-order valence-corrected chi connectivity index (χ1v) is 10.4. The van der Waals surface area contributed by atoms with Crippen molar-refractivity contribution in [2.75, 3.05) is 5.32 Å². The molecule has 0 aliphatic carbocycles. The van der Waals surface area contributed by atoms with Crippen LogP contribution >= 0.6 is 11.5 Å². The van der Waals surface area contributed by atoms with Crippen molar-refractivity contribution < 1.29 is 4.74 Å². The van der Waals surface area contributed by atoms with Gasteiger partial charge in [-0.3, -0.25) is 14.2 Å². The Hall–Kier alpha value is -3.58. The molecule has 1 heterocycles. The van der Waals surface area contributed by atoms with E-state index in [-0.39, 0.29) is 17.4 Å². The van der Waals surface area contributed by atoms with Gasteiger partial charge in [-0.2, -0.15) is 0 Å². The number of fused-ring (bicyclic) bond motifs is 1. The predicted molar refractivity (Wildman–Crippen MR) is 125 cm³/mol. The summed E-state index contributed by atoms with van der Waals surface area (Å²) in [7, 11) is 0. The lowest BCUT2D eigenvalue weighted by atomic mass is 10.1. The van der Waals surface area contributed by atoms with E-state index in [0.717, 1.165) is 28.0 Å². The minimum absolute atomic E-state index is 0.00245. The van der Waals surface area contributed by atoms with Crippen molar-refractivity contribution in [2.45, 2.75) is 19.9 Å². The van der Waals surface area contributed by atoms with Gasteiger partial charge in [-0.15, -0.1) is 0 Å². The van der Waals surface area contributed by atoms with Gasteiger partial charge in [-0.05, 0) is 61.1 Å². The van der Waals surface area contributed by atoms with Crippen molar-refractivity contribution in [1.82, 2.24) is 4.37 Å². The lowest BCUT2D eigenvalue weighted by molar-refractivity contribution is 0.488. The van der Waals surface area contributed by atoms with Crippen LogP contribution < -0.4 is 21.3 Å². The van der Waals surface area contributed by atoms with Gasteiger partial charge in [0.05, 0.1) is 0 Å². The van der Waals surface area contributed by atoms with Crippen LogP contribution in [0.4, 0.5) is 10.7 Å². The van der Waals surface area contributed by atoms with E-state index in [0.29, 0.717) is 10.6 Å². The standard InChI is InChI=1S/C23H22N4O2S/c1-14(2)25-21(24)20-22(28)27-30-23(20)26-16-10-12-17(13-11-16)29-19-9-5-7-15-6-3-4-8-18(15)19/h3-14,26H,1-2H3,(H2,24,25)(H,27,28). The van der Waals surface area contributed by atoms with Crippen molar-refractivity contribution in [1.29, 1.82) is 0 Å². The van der Waals surface area contributed by atoms with Crippen molar-refractivity contribution >= 4 is 38.8 Å². The first-order valence-electron chi connectivity index (χ1n) is 9.59. The number of aliphatic imine (C=N–C) groups is 1. The fourth-order valence-electron chi connectivity index (χ4n) is 3.11. The zero-order chi connectivity index (χ0) is 21.1. The molecule has 1 aromatic heterocycles. The van der Waals surface area contributed by atoms with Crippen LogP contribution in [0.2, 0.25) is 0 Å². The summed E-state index contributed by atoms with van der Waals surface area (Å²) in [5.74, 6) is 1.75. The molecule has 0 fully saturated rings. The molecule has 7 heteroatoms. The number of rotatable bonds is 6. The summed E-state index contributed by atoms with van der Waals surface area (Å²) in [6.07, 6.45) is 0. The normalized spacial score (nSPS) is 11.8. The van der Waals surface area contributed by atoms with E-state index in [1.54, 1.807) is 0 Å². The lowest BCUT2D eigenvalue weighted by Crippen LogP contribution is -2.23. The summed E-state index contributed by atoms with van der Waals surface area (Å²) in [5.41, 5.74) is 6.96. The number of anilines is 2. The Labute approximate surface area is 178 Å². The molecule has 0 aliphatic rings. The molecule has 4 N–H and O–H groups in total. The summed E-state index contributed by atoms with van der Waals surface area (Å²) >= 11 is 1.19. The van der Waals surface area contributed by atoms with Crippen LogP contribution in [0.1, 0.15) is 19.4 Å². The molecule has 0 amide bonds. The van der Waals surface area contributed by atoms with Gasteiger partial charge in [-0.1, -0.05) is 36.4 Å². The maximum atomic E-state index is 12.2. The average Bonchev–Trinajstić information content (AvgIpc) is 3.09. The number of H-pyrrole nitrogens is 1. The molecule has 0 saturated heterocycles. The third kappa shape index (κ3) is 4.21. The highest BCUT2D eigenvalue weighted by Crippen LogP contribution is 2.31. The molecular formula is C23H22N4O2S. The molecule has 0 atom stereocenters. The van der Waals surface area contributed by atoms with Gasteiger partial charge in [0.25, 0.3) is 5.56 Å². The zero-order valence-corrected chi connectivity index (χ0v) is 17.5. The van der Waals surface area contributed by atoms with Crippen LogP contribution in [0.25, 0.3) is 10.8 Å². The molecule has 0 aliphatic heterocycles. The van der Waals surface area contributed by atoms with Crippen molar-refractivity contribution in [3.63, 3.8) is 0 Å². The summed E-state index contributed by atoms with van der Waals surface area (Å²) < 4.78 is 8.80. The second-order valence-electron chi connectivity index (χ2n) is 7.07. The minimum Gasteiger partial charge on any atom is -0.457 e. The van der Waals surface area contributed by atoms with Crippen LogP contribution in [0.15, 0.2) is 76.5 Å². The van der Waals surface area contributed by atoms with Gasteiger partial charge >= 0.3 is 0 Å². The third-order valence-corrected chi connectivity index (χ3v) is 5.24. The molecule has 3 aromatic carbocycles. The first kappa shape index (κ1) is 19.7. The summed E-state index contributed by atoms with van der Waals surface area (Å²) in [5, 5.41) is 6.06. The van der Waals surface area contributed by atoms with Crippen molar-refractivity contribution in [3.8, 4) is 11.5 Å². The number of aromatic nitrogens is 1. The van der Waals surface area contributed by atoms with Crippen LogP contribution in [0.5, 0.6) is 11.5 Å². The molecule has 6 nitrogen and oxygen atoms in total. The summed E-state index contributed by atoms with van der Waals surface area (Å²) in [6, 6.07) is 21.6. The largest absolute Gasteiger partial charge is 0.457 e. The van der Waals surface area contributed by atoms with Crippen molar-refractivity contribution in [2.24, 2.45) is 10.7 Å². The van der Waals surface area contributed by atoms with Gasteiger partial charge in [0.2, 0.25) is 0 Å². The third-order valence-electron chi connectivity index (χ3n) is 4.44. The Morgan fingerprint density at radius 2 is 1.80 bits per heavy atom. The monoisotopic (exact) mass is 418 g/mol. The SMILES string of the molecule is CC(C)N=C(N)c1c(Nc2ccc(Oc3cccc4ccccc34)cc2)s[nH]c1=O. The molecule has 0 radical (unpaired) electrons. The van der Waals surface area contributed by atoms with E-state index in [1.807, 2.05) is 68.4 Å². The van der Waals surface area contributed by atoms with E-state index < -0.39 is 0 Å². The quantitative estimate of drug-likeness (QED) is 0.295. The number of benzene rings is 3. The van der Waals surface area contributed by atoms with Crippen LogP contribution in [0.3, 0.4) is 0 Å². The summed E-state index contributed by atoms with van der Waals surface area (Å²) in [4.78, 5) is 16.4. The second kappa shape index (κ2) is 8.42. The topological polar surface area (TPSA) is 92.5 Å². The Morgan fingerprint density at radius 3 is 2.57 bits per heavy atom. The highest BCUT2D eigenvalue weighted by atomic mass is 32.1. The number of aromatic amines is 1. The fraction of sp³-hybridized carbons (Fsp3) is 0.130. The molecular weight excluding hydrogens is 396 g/mol.